The van der Waals surface area contributed by atoms with Gasteiger partial charge < -0.3 is 14.9 Å². The van der Waals surface area contributed by atoms with Gasteiger partial charge in [0, 0.05) is 6.42 Å². The Bertz CT molecular complexity index is 635. The summed E-state index contributed by atoms with van der Waals surface area (Å²) in [5, 5.41) is 21.4. The van der Waals surface area contributed by atoms with E-state index in [9.17, 15) is 15.0 Å². The van der Waals surface area contributed by atoms with Crippen molar-refractivity contribution in [3.05, 3.63) is 0 Å². The van der Waals surface area contributed by atoms with Crippen molar-refractivity contribution in [2.75, 3.05) is 7.11 Å². The van der Waals surface area contributed by atoms with Crippen LogP contribution in [0.2, 0.25) is 0 Å². The molecule has 6 unspecified atom stereocenters. The van der Waals surface area contributed by atoms with E-state index < -0.39 is 0 Å². The van der Waals surface area contributed by atoms with Crippen molar-refractivity contribution in [1.82, 2.24) is 0 Å². The molecule has 4 heteroatoms. The van der Waals surface area contributed by atoms with Gasteiger partial charge in [-0.05, 0) is 111 Å². The lowest BCUT2D eigenvalue weighted by atomic mass is 9.44. The normalized spacial score (nSPS) is 48.9. The summed E-state index contributed by atoms with van der Waals surface area (Å²) in [5.74, 6) is 3.65. The van der Waals surface area contributed by atoms with Gasteiger partial charge in [0.25, 0.3) is 0 Å². The molecule has 10 atom stereocenters. The van der Waals surface area contributed by atoms with Gasteiger partial charge in [-0.3, -0.25) is 4.79 Å². The van der Waals surface area contributed by atoms with Gasteiger partial charge in [-0.1, -0.05) is 20.8 Å². The van der Waals surface area contributed by atoms with Gasteiger partial charge in [0.2, 0.25) is 0 Å². The summed E-state index contributed by atoms with van der Waals surface area (Å²) in [6.45, 7) is 7.39. The van der Waals surface area contributed by atoms with Gasteiger partial charge in [-0.2, -0.15) is 0 Å². The van der Waals surface area contributed by atoms with Crippen LogP contribution in [-0.2, 0) is 9.53 Å². The van der Waals surface area contributed by atoms with Crippen LogP contribution in [0.5, 0.6) is 0 Å². The van der Waals surface area contributed by atoms with Crippen LogP contribution in [0.3, 0.4) is 0 Å². The first-order valence-electron chi connectivity index (χ1n) is 12.6. The molecule has 30 heavy (non-hydrogen) atoms. The first kappa shape index (κ1) is 22.6. The van der Waals surface area contributed by atoms with Crippen LogP contribution in [0.25, 0.3) is 0 Å². The van der Waals surface area contributed by atoms with E-state index >= 15 is 0 Å². The van der Waals surface area contributed by atoms with Crippen LogP contribution in [0.1, 0.15) is 91.4 Å². The van der Waals surface area contributed by atoms with E-state index in [-0.39, 0.29) is 29.5 Å². The predicted octanol–water partition coefficient (Wildman–Crippen LogP) is 4.96. The number of aliphatic hydroxyl groups is 2. The van der Waals surface area contributed by atoms with E-state index in [0.29, 0.717) is 29.6 Å². The number of rotatable bonds is 5. The van der Waals surface area contributed by atoms with Crippen molar-refractivity contribution in [3.63, 3.8) is 0 Å². The molecule has 0 aromatic rings. The standard InChI is InChI=1S/C26H44O4/c1-16(6-5-7-24(29)30-4)19-8-9-20-18-15-23(28)22-14-17(27)10-12-26(22,3)21(18)11-13-25(19,20)2/h16-23,27-28H,5-15H2,1-4H3/t16?,17-,18?,19?,20?,21?,22?,23+,25-,26-/m1/s1. The van der Waals surface area contributed by atoms with E-state index in [1.807, 2.05) is 0 Å². The Morgan fingerprint density at radius 1 is 1.00 bits per heavy atom. The highest BCUT2D eigenvalue weighted by atomic mass is 16.5. The Morgan fingerprint density at radius 3 is 2.43 bits per heavy atom. The van der Waals surface area contributed by atoms with Crippen molar-refractivity contribution in [2.45, 2.75) is 104 Å². The Morgan fingerprint density at radius 2 is 1.70 bits per heavy atom. The minimum atomic E-state index is -0.245. The zero-order chi connectivity index (χ0) is 21.7. The SMILES string of the molecule is COC(=O)CCCC(C)C1CCC2C3C[C@H](O)C4C[C@H](O)CC[C@]4(C)C3CC[C@]12C. The second-order valence-electron chi connectivity index (χ2n) is 11.9. The lowest BCUT2D eigenvalue weighted by Gasteiger charge is -2.62. The minimum Gasteiger partial charge on any atom is -0.469 e. The van der Waals surface area contributed by atoms with Crippen LogP contribution in [-0.4, -0.2) is 35.5 Å². The molecule has 0 aliphatic heterocycles. The number of esters is 1. The molecule has 0 spiro atoms. The minimum absolute atomic E-state index is 0.0881. The van der Waals surface area contributed by atoms with Crippen molar-refractivity contribution >= 4 is 5.97 Å². The largest absolute Gasteiger partial charge is 0.469 e. The Kier molecular flexibility index (Phi) is 6.31. The molecule has 0 heterocycles. The Hall–Kier alpha value is -0.610. The monoisotopic (exact) mass is 420 g/mol. The highest BCUT2D eigenvalue weighted by Gasteiger charge is 2.62. The molecule has 0 aromatic heterocycles. The molecular formula is C26H44O4. The van der Waals surface area contributed by atoms with Gasteiger partial charge in [-0.15, -0.1) is 0 Å². The summed E-state index contributed by atoms with van der Waals surface area (Å²) in [7, 11) is 1.48. The smallest absolute Gasteiger partial charge is 0.305 e. The number of hydrogen-bond acceptors (Lipinski definition) is 4. The topological polar surface area (TPSA) is 66.8 Å². The van der Waals surface area contributed by atoms with Gasteiger partial charge in [0.15, 0.2) is 0 Å². The van der Waals surface area contributed by atoms with Crippen LogP contribution in [0.15, 0.2) is 0 Å². The van der Waals surface area contributed by atoms with Crippen LogP contribution >= 0.6 is 0 Å². The number of fused-ring (bicyclic) bond motifs is 5. The first-order valence-corrected chi connectivity index (χ1v) is 12.6. The fraction of sp³-hybridized carbons (Fsp3) is 0.962. The lowest BCUT2D eigenvalue weighted by molar-refractivity contribution is -0.172. The molecule has 0 amide bonds. The molecule has 172 valence electrons. The molecule has 2 N–H and O–H groups in total. The third-order valence-electron chi connectivity index (χ3n) is 10.7. The second-order valence-corrected chi connectivity index (χ2v) is 11.9. The fourth-order valence-electron chi connectivity index (χ4n) is 9.13. The maximum atomic E-state index is 11.5. The average molecular weight is 421 g/mol. The van der Waals surface area contributed by atoms with E-state index in [4.69, 9.17) is 4.74 Å². The Balaban J connectivity index is 1.47. The average Bonchev–Trinajstić information content (AvgIpc) is 3.06. The summed E-state index contributed by atoms with van der Waals surface area (Å²) in [4.78, 5) is 11.5. The molecule has 4 aliphatic carbocycles. The van der Waals surface area contributed by atoms with Crippen LogP contribution in [0, 0.1) is 46.3 Å². The number of carbonyl (C=O) groups is 1. The van der Waals surface area contributed by atoms with Crippen molar-refractivity contribution in [3.8, 4) is 0 Å². The number of methoxy groups -OCH3 is 1. The summed E-state index contributed by atoms with van der Waals surface area (Å²) in [6.07, 6.45) is 11.0. The Labute approximate surface area is 183 Å². The van der Waals surface area contributed by atoms with E-state index in [1.54, 1.807) is 0 Å². The molecule has 0 aromatic carbocycles. The fourth-order valence-corrected chi connectivity index (χ4v) is 9.13. The predicted molar refractivity (Wildman–Crippen MR) is 118 cm³/mol. The molecule has 0 bridgehead atoms. The van der Waals surface area contributed by atoms with Crippen LogP contribution < -0.4 is 0 Å². The molecule has 4 nitrogen and oxygen atoms in total. The zero-order valence-corrected chi connectivity index (χ0v) is 19.6. The molecule has 0 radical (unpaired) electrons. The van der Waals surface area contributed by atoms with Gasteiger partial charge in [0.1, 0.15) is 0 Å². The van der Waals surface area contributed by atoms with E-state index in [2.05, 4.69) is 20.8 Å². The molecular weight excluding hydrogens is 376 g/mol. The summed E-state index contributed by atoms with van der Waals surface area (Å²) < 4.78 is 4.81. The highest BCUT2D eigenvalue weighted by molar-refractivity contribution is 5.68. The summed E-state index contributed by atoms with van der Waals surface area (Å²) >= 11 is 0. The van der Waals surface area contributed by atoms with Gasteiger partial charge >= 0.3 is 5.97 Å². The van der Waals surface area contributed by atoms with Crippen molar-refractivity contribution in [2.24, 2.45) is 46.3 Å². The summed E-state index contributed by atoms with van der Waals surface area (Å²) in [6, 6.07) is 0. The molecule has 4 saturated carbocycles. The lowest BCUT2D eigenvalue weighted by Crippen LogP contribution is -2.58. The van der Waals surface area contributed by atoms with Crippen LogP contribution in [0.4, 0.5) is 0 Å². The quantitative estimate of drug-likeness (QED) is 0.617. The number of aliphatic hydroxyl groups excluding tert-OH is 2. The molecule has 4 fully saturated rings. The zero-order valence-electron chi connectivity index (χ0n) is 19.6. The van der Waals surface area contributed by atoms with Gasteiger partial charge in [-0.25, -0.2) is 0 Å². The third kappa shape index (κ3) is 3.64. The maximum absolute atomic E-state index is 11.5. The van der Waals surface area contributed by atoms with E-state index in [0.717, 1.165) is 50.4 Å². The van der Waals surface area contributed by atoms with Crippen molar-refractivity contribution in [1.29, 1.82) is 0 Å². The third-order valence-corrected chi connectivity index (χ3v) is 10.7. The summed E-state index contributed by atoms with van der Waals surface area (Å²) in [5.41, 5.74) is 0.579. The van der Waals surface area contributed by atoms with E-state index in [1.165, 1.54) is 32.8 Å². The van der Waals surface area contributed by atoms with Crippen molar-refractivity contribution < 1.29 is 19.7 Å². The maximum Gasteiger partial charge on any atom is 0.305 e. The second kappa shape index (κ2) is 8.39. The first-order chi connectivity index (χ1) is 14.2. The number of carbonyl (C=O) groups excluding carboxylic acids is 1. The number of hydrogen-bond donors (Lipinski definition) is 2. The highest BCUT2D eigenvalue weighted by Crippen LogP contribution is 2.68. The number of ether oxygens (including phenoxy) is 1. The molecule has 4 rings (SSSR count). The molecule has 0 saturated heterocycles. The van der Waals surface area contributed by atoms with Gasteiger partial charge in [0.05, 0.1) is 19.3 Å². The molecule has 4 aliphatic rings.